The van der Waals surface area contributed by atoms with Gasteiger partial charge in [-0.15, -0.1) is 0 Å². The van der Waals surface area contributed by atoms with Gasteiger partial charge in [0.25, 0.3) is 5.91 Å². The van der Waals surface area contributed by atoms with Gasteiger partial charge in [0.15, 0.2) is 0 Å². The number of carbonyl (C=O) groups is 1. The molecule has 1 atom stereocenters. The average molecular weight is 365 g/mol. The number of aryl methyl sites for hydroxylation is 1. The Morgan fingerprint density at radius 2 is 2.00 bits per heavy atom. The van der Waals surface area contributed by atoms with Crippen molar-refractivity contribution in [2.75, 3.05) is 13.2 Å². The first-order chi connectivity index (χ1) is 13.0. The van der Waals surface area contributed by atoms with Crippen molar-refractivity contribution in [3.05, 3.63) is 64.8 Å². The van der Waals surface area contributed by atoms with Gasteiger partial charge in [-0.25, -0.2) is 0 Å². The van der Waals surface area contributed by atoms with E-state index in [9.17, 15) is 20.1 Å². The number of phenolic OH excluding ortho intramolecular Hbond substituents is 2. The number of fused-ring (bicyclic) bond motifs is 1. The van der Waals surface area contributed by atoms with E-state index in [0.717, 1.165) is 5.56 Å². The van der Waals surface area contributed by atoms with Gasteiger partial charge in [0.1, 0.15) is 22.9 Å². The number of aromatic hydroxyl groups is 2. The third-order valence-corrected chi connectivity index (χ3v) is 4.80. The van der Waals surface area contributed by atoms with Crippen molar-refractivity contribution < 1.29 is 20.1 Å². The third-order valence-electron chi connectivity index (χ3n) is 4.80. The number of aliphatic hydroxyl groups is 1. The first-order valence-electron chi connectivity index (χ1n) is 8.60. The van der Waals surface area contributed by atoms with Crippen LogP contribution in [-0.2, 0) is 0 Å². The molecule has 2 heterocycles. The number of hydrogen-bond acceptors (Lipinski definition) is 5. The van der Waals surface area contributed by atoms with Crippen LogP contribution in [0.3, 0.4) is 0 Å². The molecule has 138 valence electrons. The molecule has 2 aromatic carbocycles. The molecule has 0 saturated heterocycles. The van der Waals surface area contributed by atoms with Crippen molar-refractivity contribution >= 4 is 5.91 Å². The standard InChI is InChI=1S/C20H19N3O4/c1-11-5-6-15(26)14(9-11)17-16-18(22-21-17)20(27)23(7-8-24)19(16)12-3-2-4-13(25)10-12/h2-6,9-10,19,24-26H,7-8H2,1H3,(H,21,22)/t19-/m0/s1. The largest absolute Gasteiger partial charge is 0.508 e. The Bertz CT molecular complexity index is 1030. The summed E-state index contributed by atoms with van der Waals surface area (Å²) in [6.07, 6.45) is 0. The smallest absolute Gasteiger partial charge is 0.273 e. The summed E-state index contributed by atoms with van der Waals surface area (Å²) in [6.45, 7) is 1.86. The molecule has 1 amide bonds. The minimum absolute atomic E-state index is 0.0672. The monoisotopic (exact) mass is 365 g/mol. The number of carbonyl (C=O) groups excluding carboxylic acids is 1. The normalized spacial score (nSPS) is 16.0. The molecule has 0 aliphatic carbocycles. The molecule has 0 unspecified atom stereocenters. The highest BCUT2D eigenvalue weighted by atomic mass is 16.3. The van der Waals surface area contributed by atoms with Crippen molar-refractivity contribution in [1.29, 1.82) is 0 Å². The van der Waals surface area contributed by atoms with E-state index in [1.165, 1.54) is 4.90 Å². The summed E-state index contributed by atoms with van der Waals surface area (Å²) in [5, 5.41) is 36.8. The lowest BCUT2D eigenvalue weighted by Crippen LogP contribution is -2.32. The predicted octanol–water partition coefficient (Wildman–Crippen LogP) is 2.33. The van der Waals surface area contributed by atoms with Crippen LogP contribution >= 0.6 is 0 Å². The van der Waals surface area contributed by atoms with E-state index in [2.05, 4.69) is 10.2 Å². The molecule has 1 aliphatic rings. The van der Waals surface area contributed by atoms with E-state index < -0.39 is 6.04 Å². The van der Waals surface area contributed by atoms with Crippen molar-refractivity contribution in [2.45, 2.75) is 13.0 Å². The Hall–Kier alpha value is -3.32. The van der Waals surface area contributed by atoms with Gasteiger partial charge in [-0.1, -0.05) is 23.8 Å². The van der Waals surface area contributed by atoms with Gasteiger partial charge in [0, 0.05) is 17.7 Å². The minimum atomic E-state index is -0.527. The van der Waals surface area contributed by atoms with Crippen LogP contribution in [0.5, 0.6) is 11.5 Å². The van der Waals surface area contributed by atoms with E-state index >= 15 is 0 Å². The summed E-state index contributed by atoms with van der Waals surface area (Å²) in [4.78, 5) is 14.4. The maximum atomic E-state index is 12.9. The zero-order chi connectivity index (χ0) is 19.1. The molecular formula is C20H19N3O4. The molecule has 1 aliphatic heterocycles. The number of aromatic nitrogens is 2. The fourth-order valence-electron chi connectivity index (χ4n) is 3.62. The number of aromatic amines is 1. The van der Waals surface area contributed by atoms with E-state index in [1.54, 1.807) is 30.3 Å². The quantitative estimate of drug-likeness (QED) is 0.567. The van der Waals surface area contributed by atoms with Crippen molar-refractivity contribution in [2.24, 2.45) is 0 Å². The van der Waals surface area contributed by atoms with Crippen LogP contribution in [-0.4, -0.2) is 49.5 Å². The number of nitrogens with zero attached hydrogens (tertiary/aromatic N) is 2. The highest BCUT2D eigenvalue weighted by Gasteiger charge is 2.42. The Kier molecular flexibility index (Phi) is 4.08. The fourth-order valence-corrected chi connectivity index (χ4v) is 3.62. The van der Waals surface area contributed by atoms with E-state index in [0.29, 0.717) is 28.1 Å². The molecule has 4 N–H and O–H groups in total. The Morgan fingerprint density at radius 1 is 1.19 bits per heavy atom. The fraction of sp³-hybridized carbons (Fsp3) is 0.200. The maximum absolute atomic E-state index is 12.9. The van der Waals surface area contributed by atoms with Crippen molar-refractivity contribution in [3.63, 3.8) is 0 Å². The van der Waals surface area contributed by atoms with Crippen LogP contribution in [0.25, 0.3) is 11.3 Å². The highest BCUT2D eigenvalue weighted by Crippen LogP contribution is 2.44. The number of β-amino-alcohol motifs (C(OH)–C–C–N with tert-alkyl or cyclic N) is 1. The van der Waals surface area contributed by atoms with Crippen molar-refractivity contribution in [1.82, 2.24) is 15.1 Å². The van der Waals surface area contributed by atoms with Gasteiger partial charge in [-0.3, -0.25) is 9.89 Å². The second-order valence-corrected chi connectivity index (χ2v) is 6.60. The topological polar surface area (TPSA) is 110 Å². The first kappa shape index (κ1) is 17.1. The summed E-state index contributed by atoms with van der Waals surface area (Å²) in [5.41, 5.74) is 3.60. The Balaban J connectivity index is 1.94. The minimum Gasteiger partial charge on any atom is -0.508 e. The second-order valence-electron chi connectivity index (χ2n) is 6.60. The second kappa shape index (κ2) is 6.44. The predicted molar refractivity (Wildman–Crippen MR) is 98.5 cm³/mol. The van der Waals surface area contributed by atoms with Crippen LogP contribution in [0.1, 0.15) is 33.2 Å². The Labute approximate surface area is 155 Å². The lowest BCUT2D eigenvalue weighted by molar-refractivity contribution is 0.0706. The third kappa shape index (κ3) is 2.72. The number of rotatable bonds is 4. The molecule has 1 aromatic heterocycles. The van der Waals surface area contributed by atoms with Gasteiger partial charge < -0.3 is 20.2 Å². The van der Waals surface area contributed by atoms with Crippen LogP contribution in [0.2, 0.25) is 0 Å². The van der Waals surface area contributed by atoms with E-state index in [1.807, 2.05) is 19.1 Å². The summed E-state index contributed by atoms with van der Waals surface area (Å²) in [6, 6.07) is 11.3. The van der Waals surface area contributed by atoms with E-state index in [4.69, 9.17) is 0 Å². The van der Waals surface area contributed by atoms with Gasteiger partial charge in [0.05, 0.1) is 12.6 Å². The van der Waals surface area contributed by atoms with E-state index in [-0.39, 0.29) is 30.6 Å². The van der Waals surface area contributed by atoms with Gasteiger partial charge in [0.2, 0.25) is 0 Å². The number of benzene rings is 2. The summed E-state index contributed by atoms with van der Waals surface area (Å²) in [7, 11) is 0. The molecule has 0 fully saturated rings. The molecule has 0 radical (unpaired) electrons. The lowest BCUT2D eigenvalue weighted by atomic mass is 9.95. The summed E-state index contributed by atoms with van der Waals surface area (Å²) in [5.74, 6) is -0.128. The number of phenols is 2. The molecule has 0 saturated carbocycles. The van der Waals surface area contributed by atoms with Crippen LogP contribution < -0.4 is 0 Å². The Morgan fingerprint density at radius 3 is 2.74 bits per heavy atom. The van der Waals surface area contributed by atoms with Gasteiger partial charge >= 0.3 is 0 Å². The number of amides is 1. The molecule has 7 heteroatoms. The van der Waals surface area contributed by atoms with Crippen LogP contribution in [0, 0.1) is 6.92 Å². The van der Waals surface area contributed by atoms with Gasteiger partial charge in [-0.2, -0.15) is 5.10 Å². The number of H-pyrrole nitrogens is 1. The zero-order valence-electron chi connectivity index (χ0n) is 14.7. The molecule has 3 aromatic rings. The molecule has 7 nitrogen and oxygen atoms in total. The molecule has 0 spiro atoms. The van der Waals surface area contributed by atoms with Gasteiger partial charge in [-0.05, 0) is 36.8 Å². The molecule has 27 heavy (non-hydrogen) atoms. The lowest BCUT2D eigenvalue weighted by Gasteiger charge is -2.25. The molecule has 0 bridgehead atoms. The summed E-state index contributed by atoms with van der Waals surface area (Å²) >= 11 is 0. The SMILES string of the molecule is Cc1ccc(O)c(-c2n[nH]c3c2[C@H](c2cccc(O)c2)N(CCO)C3=O)c1. The maximum Gasteiger partial charge on any atom is 0.273 e. The zero-order valence-corrected chi connectivity index (χ0v) is 14.7. The average Bonchev–Trinajstić information content (AvgIpc) is 3.17. The molecule has 4 rings (SSSR count). The van der Waals surface area contributed by atoms with Crippen molar-refractivity contribution in [3.8, 4) is 22.8 Å². The van der Waals surface area contributed by atoms with Crippen LogP contribution in [0.15, 0.2) is 42.5 Å². The van der Waals surface area contributed by atoms with Crippen LogP contribution in [0.4, 0.5) is 0 Å². The number of nitrogens with one attached hydrogen (secondary N) is 1. The molecular weight excluding hydrogens is 346 g/mol. The summed E-state index contributed by atoms with van der Waals surface area (Å²) < 4.78 is 0. The first-order valence-corrected chi connectivity index (χ1v) is 8.60. The highest BCUT2D eigenvalue weighted by molar-refractivity contribution is 6.00. The number of aliphatic hydroxyl groups excluding tert-OH is 1. The number of hydrogen-bond donors (Lipinski definition) is 4.